The van der Waals surface area contributed by atoms with Gasteiger partial charge >= 0.3 is 0 Å². The van der Waals surface area contributed by atoms with Crippen molar-refractivity contribution in [1.82, 2.24) is 15.2 Å². The number of rotatable bonds is 5. The fourth-order valence-corrected chi connectivity index (χ4v) is 4.58. The molecule has 0 radical (unpaired) electrons. The van der Waals surface area contributed by atoms with Crippen molar-refractivity contribution in [2.45, 2.75) is 19.8 Å². The summed E-state index contributed by atoms with van der Waals surface area (Å²) < 4.78 is 1.09. The van der Waals surface area contributed by atoms with Crippen LogP contribution in [0.25, 0.3) is 10.2 Å². The van der Waals surface area contributed by atoms with Crippen molar-refractivity contribution in [2.75, 3.05) is 44.2 Å². The summed E-state index contributed by atoms with van der Waals surface area (Å²) in [7, 11) is 0. The molecule has 0 spiro atoms. The van der Waals surface area contributed by atoms with Crippen LogP contribution in [0.2, 0.25) is 5.02 Å². The van der Waals surface area contributed by atoms with E-state index in [9.17, 15) is 4.79 Å². The maximum atomic E-state index is 11.7. The second-order valence-electron chi connectivity index (χ2n) is 6.93. The second kappa shape index (κ2) is 7.09. The zero-order chi connectivity index (χ0) is 17.4. The Balaban J connectivity index is 1.31. The van der Waals surface area contributed by atoms with Crippen LogP contribution < -0.4 is 10.2 Å². The second-order valence-corrected chi connectivity index (χ2v) is 8.32. The normalized spacial score (nSPS) is 18.7. The number of carbonyl (C=O) groups excluding carboxylic acids is 1. The first-order chi connectivity index (χ1) is 12.1. The van der Waals surface area contributed by atoms with Crippen LogP contribution in [0.3, 0.4) is 0 Å². The lowest BCUT2D eigenvalue weighted by Crippen LogP contribution is -2.48. The highest BCUT2D eigenvalue weighted by Gasteiger charge is 2.29. The van der Waals surface area contributed by atoms with Crippen molar-refractivity contribution < 1.29 is 4.79 Å². The first-order valence-electron chi connectivity index (χ1n) is 8.92. The summed E-state index contributed by atoms with van der Waals surface area (Å²) in [6.07, 6.45) is 2.13. The molecule has 1 amide bonds. The van der Waals surface area contributed by atoms with Crippen molar-refractivity contribution in [1.29, 1.82) is 0 Å². The topological polar surface area (TPSA) is 48.5 Å². The van der Waals surface area contributed by atoms with Crippen molar-refractivity contribution in [3.63, 3.8) is 0 Å². The van der Waals surface area contributed by atoms with Gasteiger partial charge in [0, 0.05) is 45.2 Å². The van der Waals surface area contributed by atoms with Crippen LogP contribution in [0, 0.1) is 12.8 Å². The summed E-state index contributed by atoms with van der Waals surface area (Å²) in [4.78, 5) is 21.2. The monoisotopic (exact) mass is 378 g/mol. The number of carbonyl (C=O) groups is 1. The van der Waals surface area contributed by atoms with Gasteiger partial charge in [-0.1, -0.05) is 29.0 Å². The van der Waals surface area contributed by atoms with Crippen LogP contribution in [0.4, 0.5) is 5.13 Å². The number of thiazole rings is 1. The third-order valence-electron chi connectivity index (χ3n) is 5.00. The van der Waals surface area contributed by atoms with Gasteiger partial charge < -0.3 is 10.2 Å². The minimum Gasteiger partial charge on any atom is -0.355 e. The van der Waals surface area contributed by atoms with Crippen molar-refractivity contribution in [3.8, 4) is 0 Å². The molecule has 1 saturated heterocycles. The molecular formula is C18H23ClN4OS. The first kappa shape index (κ1) is 17.1. The highest BCUT2D eigenvalue weighted by molar-refractivity contribution is 7.22. The lowest BCUT2D eigenvalue weighted by Gasteiger charge is -2.34. The van der Waals surface area contributed by atoms with Gasteiger partial charge in [-0.05, 0) is 31.4 Å². The Hall–Kier alpha value is -1.37. The predicted octanol–water partition coefficient (Wildman–Crippen LogP) is 2.91. The zero-order valence-electron chi connectivity index (χ0n) is 14.4. The molecule has 1 saturated carbocycles. The van der Waals surface area contributed by atoms with Crippen molar-refractivity contribution in [2.24, 2.45) is 5.92 Å². The molecule has 2 aromatic rings. The molecule has 1 aliphatic carbocycles. The van der Waals surface area contributed by atoms with E-state index in [2.05, 4.69) is 22.0 Å². The van der Waals surface area contributed by atoms with Gasteiger partial charge in [0.05, 0.1) is 15.2 Å². The average Bonchev–Trinajstić information content (AvgIpc) is 3.37. The third-order valence-corrected chi connectivity index (χ3v) is 6.58. The lowest BCUT2D eigenvalue weighted by atomic mass is 10.2. The molecule has 134 valence electrons. The van der Waals surface area contributed by atoms with E-state index < -0.39 is 0 Å². The highest BCUT2D eigenvalue weighted by Crippen LogP contribution is 2.35. The average molecular weight is 379 g/mol. The van der Waals surface area contributed by atoms with E-state index in [4.69, 9.17) is 16.6 Å². The number of aryl methyl sites for hydroxylation is 1. The number of anilines is 1. The molecule has 4 rings (SSSR count). The molecule has 0 atom stereocenters. The quantitative estimate of drug-likeness (QED) is 0.869. The molecule has 7 heteroatoms. The molecule has 2 heterocycles. The van der Waals surface area contributed by atoms with E-state index in [1.807, 2.05) is 12.1 Å². The van der Waals surface area contributed by atoms with Crippen LogP contribution >= 0.6 is 22.9 Å². The van der Waals surface area contributed by atoms with Gasteiger partial charge in [0.1, 0.15) is 0 Å². The Bertz CT molecular complexity index is 742. The van der Waals surface area contributed by atoms with Crippen molar-refractivity contribution in [3.05, 3.63) is 22.7 Å². The number of nitrogens with one attached hydrogen (secondary N) is 1. The van der Waals surface area contributed by atoms with E-state index in [0.717, 1.165) is 72.5 Å². The van der Waals surface area contributed by atoms with Gasteiger partial charge in [-0.25, -0.2) is 4.98 Å². The van der Waals surface area contributed by atoms with Crippen LogP contribution in [-0.4, -0.2) is 55.1 Å². The lowest BCUT2D eigenvalue weighted by molar-refractivity contribution is -0.122. The van der Waals surface area contributed by atoms with E-state index in [1.165, 1.54) is 5.56 Å². The van der Waals surface area contributed by atoms with Gasteiger partial charge in [-0.15, -0.1) is 0 Å². The molecule has 0 bridgehead atoms. The summed E-state index contributed by atoms with van der Waals surface area (Å²) in [6.45, 7) is 7.70. The molecule has 2 fully saturated rings. The summed E-state index contributed by atoms with van der Waals surface area (Å²) in [6, 6.07) is 3.98. The Morgan fingerprint density at radius 3 is 2.76 bits per heavy atom. The predicted molar refractivity (Wildman–Crippen MR) is 104 cm³/mol. The van der Waals surface area contributed by atoms with E-state index >= 15 is 0 Å². The smallest absolute Gasteiger partial charge is 0.223 e. The van der Waals surface area contributed by atoms with Gasteiger partial charge in [-0.3, -0.25) is 9.69 Å². The number of halogens is 1. The molecule has 2 aliphatic rings. The number of fused-ring (bicyclic) bond motifs is 1. The molecule has 1 aliphatic heterocycles. The number of benzene rings is 1. The first-order valence-corrected chi connectivity index (χ1v) is 10.1. The fourth-order valence-electron chi connectivity index (χ4n) is 3.22. The van der Waals surface area contributed by atoms with Crippen molar-refractivity contribution >= 4 is 44.2 Å². The summed E-state index contributed by atoms with van der Waals surface area (Å²) >= 11 is 8.01. The van der Waals surface area contributed by atoms with E-state index in [-0.39, 0.29) is 5.91 Å². The van der Waals surface area contributed by atoms with Crippen LogP contribution in [0.1, 0.15) is 18.4 Å². The number of aromatic nitrogens is 1. The fraction of sp³-hybridized carbons (Fsp3) is 0.556. The summed E-state index contributed by atoms with van der Waals surface area (Å²) in [5.41, 5.74) is 2.20. The van der Waals surface area contributed by atoms with Gasteiger partial charge in [0.2, 0.25) is 5.91 Å². The Labute approximate surface area is 157 Å². The Morgan fingerprint density at radius 2 is 2.08 bits per heavy atom. The zero-order valence-corrected chi connectivity index (χ0v) is 16.0. The maximum Gasteiger partial charge on any atom is 0.223 e. The van der Waals surface area contributed by atoms with Crippen LogP contribution in [0.5, 0.6) is 0 Å². The van der Waals surface area contributed by atoms with Gasteiger partial charge in [0.25, 0.3) is 0 Å². The molecule has 1 N–H and O–H groups in total. The van der Waals surface area contributed by atoms with E-state index in [0.29, 0.717) is 5.92 Å². The molecule has 1 aromatic heterocycles. The Morgan fingerprint density at radius 1 is 1.32 bits per heavy atom. The minimum absolute atomic E-state index is 0.236. The number of piperazine rings is 1. The maximum absolute atomic E-state index is 11.7. The van der Waals surface area contributed by atoms with Gasteiger partial charge in [-0.2, -0.15) is 0 Å². The minimum atomic E-state index is 0.236. The Kier molecular flexibility index (Phi) is 4.84. The standard InChI is InChI=1S/C18H23ClN4OS/c1-12-2-5-14(19)16-15(12)21-18(25-16)23-10-8-22(9-11-23)7-6-20-17(24)13-3-4-13/h2,5,13H,3-4,6-11H2,1H3,(H,20,24). The van der Waals surface area contributed by atoms with Crippen LogP contribution in [0.15, 0.2) is 12.1 Å². The molecule has 5 nitrogen and oxygen atoms in total. The summed E-state index contributed by atoms with van der Waals surface area (Å²) in [5, 5.41) is 4.90. The number of amides is 1. The largest absolute Gasteiger partial charge is 0.355 e. The summed E-state index contributed by atoms with van der Waals surface area (Å²) in [5.74, 6) is 0.534. The number of hydrogen-bond acceptors (Lipinski definition) is 5. The highest BCUT2D eigenvalue weighted by atomic mass is 35.5. The molecular weight excluding hydrogens is 356 g/mol. The van der Waals surface area contributed by atoms with E-state index in [1.54, 1.807) is 11.3 Å². The number of hydrogen-bond donors (Lipinski definition) is 1. The third kappa shape index (κ3) is 3.76. The number of nitrogens with zero attached hydrogens (tertiary/aromatic N) is 3. The SMILES string of the molecule is Cc1ccc(Cl)c2sc(N3CCN(CCNC(=O)C4CC4)CC3)nc12. The molecule has 1 aromatic carbocycles. The molecule has 25 heavy (non-hydrogen) atoms. The van der Waals surface area contributed by atoms with Crippen LogP contribution in [-0.2, 0) is 4.79 Å². The molecule has 0 unspecified atom stereocenters. The van der Waals surface area contributed by atoms with Gasteiger partial charge in [0.15, 0.2) is 5.13 Å².